The summed E-state index contributed by atoms with van der Waals surface area (Å²) in [7, 11) is 1.58. The molecule has 0 bridgehead atoms. The Balaban J connectivity index is 0.000000208. The summed E-state index contributed by atoms with van der Waals surface area (Å²) >= 11 is 0. The molecule has 0 radical (unpaired) electrons. The van der Waals surface area contributed by atoms with Crippen LogP contribution in [0.25, 0.3) is 0 Å². The third kappa shape index (κ3) is 6.80. The zero-order valence-corrected chi connectivity index (χ0v) is 14.5. The van der Waals surface area contributed by atoms with Gasteiger partial charge in [0.15, 0.2) is 0 Å². The van der Waals surface area contributed by atoms with Crippen molar-refractivity contribution in [3.8, 4) is 17.2 Å². The minimum Gasteiger partial charge on any atom is -0.497 e. The van der Waals surface area contributed by atoms with Gasteiger partial charge in [0.05, 0.1) is 18.5 Å². The minimum absolute atomic E-state index is 0.565. The summed E-state index contributed by atoms with van der Waals surface area (Å²) in [6.45, 7) is 0. The number of ether oxygens (including phenoxy) is 2. The summed E-state index contributed by atoms with van der Waals surface area (Å²) < 4.78 is 10.5. The molecule has 0 heterocycles. The Hall–Kier alpha value is -3.98. The van der Waals surface area contributed by atoms with Crippen LogP contribution < -0.4 is 9.47 Å². The maximum Gasteiger partial charge on any atom is 0.240 e. The fraction of sp³-hybridized carbons (Fsp3) is 0.0476. The average molecular weight is 360 g/mol. The summed E-state index contributed by atoms with van der Waals surface area (Å²) in [5.74, 6) is 2.22. The SMILES string of the molecule is COc1ccc(N=C=O)cc1.O=C=Nc1ccc(Oc2ccccc2)cc1. The van der Waals surface area contributed by atoms with Crippen LogP contribution in [0.15, 0.2) is 88.8 Å². The molecule has 0 spiro atoms. The molecule has 0 aromatic heterocycles. The molecule has 0 amide bonds. The van der Waals surface area contributed by atoms with E-state index in [9.17, 15) is 9.59 Å². The van der Waals surface area contributed by atoms with E-state index in [1.54, 1.807) is 55.6 Å². The maximum absolute atomic E-state index is 10.0. The van der Waals surface area contributed by atoms with Gasteiger partial charge < -0.3 is 9.47 Å². The van der Waals surface area contributed by atoms with Crippen LogP contribution in [0.1, 0.15) is 0 Å². The van der Waals surface area contributed by atoms with Crippen molar-refractivity contribution >= 4 is 23.5 Å². The molecule has 27 heavy (non-hydrogen) atoms. The summed E-state index contributed by atoms with van der Waals surface area (Å²) in [5, 5.41) is 0. The number of methoxy groups -OCH3 is 1. The number of rotatable bonds is 5. The van der Waals surface area contributed by atoms with Gasteiger partial charge in [0.2, 0.25) is 12.2 Å². The largest absolute Gasteiger partial charge is 0.497 e. The lowest BCUT2D eigenvalue weighted by atomic mass is 10.3. The Labute approximate surface area is 156 Å². The van der Waals surface area contributed by atoms with Gasteiger partial charge in [-0.2, -0.15) is 9.98 Å². The summed E-state index contributed by atoms with van der Waals surface area (Å²) in [6, 6.07) is 23.2. The van der Waals surface area contributed by atoms with Crippen molar-refractivity contribution in [2.75, 3.05) is 7.11 Å². The van der Waals surface area contributed by atoms with E-state index in [2.05, 4.69) is 9.98 Å². The Morgan fingerprint density at radius 3 is 1.52 bits per heavy atom. The molecule has 3 rings (SSSR count). The number of carbonyl (C=O) groups excluding carboxylic acids is 2. The van der Waals surface area contributed by atoms with Crippen molar-refractivity contribution < 1.29 is 19.1 Å². The van der Waals surface area contributed by atoms with Crippen molar-refractivity contribution in [2.45, 2.75) is 0 Å². The predicted molar refractivity (Wildman–Crippen MR) is 102 cm³/mol. The molecular weight excluding hydrogens is 344 g/mol. The Morgan fingerprint density at radius 1 is 0.630 bits per heavy atom. The molecule has 0 N–H and O–H groups in total. The summed E-state index contributed by atoms with van der Waals surface area (Å²) in [4.78, 5) is 26.7. The van der Waals surface area contributed by atoms with Crippen molar-refractivity contribution in [3.05, 3.63) is 78.9 Å². The highest BCUT2D eigenvalue weighted by Gasteiger charge is 1.96. The van der Waals surface area contributed by atoms with Crippen LogP contribution in [0.2, 0.25) is 0 Å². The van der Waals surface area contributed by atoms with Crippen molar-refractivity contribution in [1.29, 1.82) is 0 Å². The molecule has 0 aliphatic heterocycles. The van der Waals surface area contributed by atoms with E-state index in [0.717, 1.165) is 11.5 Å². The molecule has 134 valence electrons. The molecule has 3 aromatic carbocycles. The first kappa shape index (κ1) is 19.3. The van der Waals surface area contributed by atoms with Crippen LogP contribution in [0, 0.1) is 0 Å². The Morgan fingerprint density at radius 2 is 1.07 bits per heavy atom. The highest BCUT2D eigenvalue weighted by atomic mass is 16.5. The summed E-state index contributed by atoms with van der Waals surface area (Å²) in [5.41, 5.74) is 1.15. The number of aliphatic imine (C=N–C) groups is 2. The van der Waals surface area contributed by atoms with E-state index in [1.807, 2.05) is 30.3 Å². The van der Waals surface area contributed by atoms with Crippen LogP contribution in [0.5, 0.6) is 17.2 Å². The van der Waals surface area contributed by atoms with Gasteiger partial charge in [-0.05, 0) is 60.7 Å². The average Bonchev–Trinajstić information content (AvgIpc) is 2.72. The topological polar surface area (TPSA) is 77.3 Å². The van der Waals surface area contributed by atoms with Gasteiger partial charge in [-0.25, -0.2) is 9.59 Å². The third-order valence-corrected chi connectivity index (χ3v) is 3.24. The Kier molecular flexibility index (Phi) is 7.74. The van der Waals surface area contributed by atoms with Gasteiger partial charge in [-0.3, -0.25) is 0 Å². The fourth-order valence-corrected chi connectivity index (χ4v) is 1.98. The van der Waals surface area contributed by atoms with E-state index in [1.165, 1.54) is 12.2 Å². The van der Waals surface area contributed by atoms with Crippen LogP contribution in [0.3, 0.4) is 0 Å². The standard InChI is InChI=1S/C13H9NO2.C8H7NO2/c15-10-14-11-6-8-13(9-7-11)16-12-4-2-1-3-5-12;1-11-8-4-2-7(3-5-8)9-6-10/h1-9H;2-5H,1H3. The number of para-hydroxylation sites is 1. The van der Waals surface area contributed by atoms with Gasteiger partial charge in [-0.1, -0.05) is 18.2 Å². The first-order valence-electron chi connectivity index (χ1n) is 7.88. The van der Waals surface area contributed by atoms with E-state index < -0.39 is 0 Å². The van der Waals surface area contributed by atoms with E-state index in [-0.39, 0.29) is 0 Å². The molecule has 6 nitrogen and oxygen atoms in total. The van der Waals surface area contributed by atoms with Crippen LogP contribution >= 0.6 is 0 Å². The fourth-order valence-electron chi connectivity index (χ4n) is 1.98. The van der Waals surface area contributed by atoms with Crippen LogP contribution in [-0.2, 0) is 9.59 Å². The van der Waals surface area contributed by atoms with E-state index in [0.29, 0.717) is 17.1 Å². The first-order chi connectivity index (χ1) is 13.2. The van der Waals surface area contributed by atoms with Gasteiger partial charge in [0.1, 0.15) is 17.2 Å². The number of hydrogen-bond acceptors (Lipinski definition) is 6. The Bertz CT molecular complexity index is 926. The highest BCUT2D eigenvalue weighted by Crippen LogP contribution is 2.23. The first-order valence-corrected chi connectivity index (χ1v) is 7.88. The molecule has 0 aliphatic rings. The lowest BCUT2D eigenvalue weighted by Crippen LogP contribution is -1.82. The minimum atomic E-state index is 0.565. The number of hydrogen-bond donors (Lipinski definition) is 0. The molecule has 0 saturated heterocycles. The number of benzene rings is 3. The lowest BCUT2D eigenvalue weighted by Gasteiger charge is -2.04. The molecule has 0 saturated carbocycles. The third-order valence-electron chi connectivity index (χ3n) is 3.24. The quantitative estimate of drug-likeness (QED) is 0.468. The highest BCUT2D eigenvalue weighted by molar-refractivity contribution is 5.51. The van der Waals surface area contributed by atoms with Gasteiger partial charge >= 0.3 is 0 Å². The molecule has 0 aliphatic carbocycles. The molecule has 0 unspecified atom stereocenters. The molecule has 6 heteroatoms. The molecule has 0 atom stereocenters. The zero-order valence-electron chi connectivity index (χ0n) is 14.5. The molecular formula is C21H16N2O4. The lowest BCUT2D eigenvalue weighted by molar-refractivity contribution is 0.415. The monoisotopic (exact) mass is 360 g/mol. The predicted octanol–water partition coefficient (Wildman–Crippen LogP) is 5.11. The van der Waals surface area contributed by atoms with Crippen molar-refractivity contribution in [1.82, 2.24) is 0 Å². The van der Waals surface area contributed by atoms with Crippen molar-refractivity contribution in [2.24, 2.45) is 9.98 Å². The van der Waals surface area contributed by atoms with Crippen LogP contribution in [-0.4, -0.2) is 19.3 Å². The summed E-state index contributed by atoms with van der Waals surface area (Å²) in [6.07, 6.45) is 2.94. The molecule has 3 aromatic rings. The second-order valence-corrected chi connectivity index (χ2v) is 5.01. The number of nitrogens with zero attached hydrogens (tertiary/aromatic N) is 2. The van der Waals surface area contributed by atoms with Gasteiger partial charge in [-0.15, -0.1) is 0 Å². The molecule has 0 fully saturated rings. The smallest absolute Gasteiger partial charge is 0.240 e. The number of isocyanates is 2. The van der Waals surface area contributed by atoms with E-state index >= 15 is 0 Å². The van der Waals surface area contributed by atoms with Crippen LogP contribution in [0.4, 0.5) is 11.4 Å². The second kappa shape index (κ2) is 10.8. The zero-order chi connectivity index (χ0) is 19.3. The van der Waals surface area contributed by atoms with Gasteiger partial charge in [0.25, 0.3) is 0 Å². The van der Waals surface area contributed by atoms with Crippen molar-refractivity contribution in [3.63, 3.8) is 0 Å². The normalized spacial score (nSPS) is 8.93. The van der Waals surface area contributed by atoms with Gasteiger partial charge in [0, 0.05) is 0 Å². The second-order valence-electron chi connectivity index (χ2n) is 5.01. The van der Waals surface area contributed by atoms with E-state index in [4.69, 9.17) is 9.47 Å². The maximum atomic E-state index is 10.0.